The number of hydrogen-bond acceptors (Lipinski definition) is 6. The maximum atomic E-state index is 11.7. The summed E-state index contributed by atoms with van der Waals surface area (Å²) in [7, 11) is 0. The lowest BCUT2D eigenvalue weighted by Crippen LogP contribution is -2.23. The number of amides is 1. The van der Waals surface area contributed by atoms with Crippen molar-refractivity contribution in [2.45, 2.75) is 19.1 Å². The summed E-state index contributed by atoms with van der Waals surface area (Å²) in [6.07, 6.45) is -1.74. The van der Waals surface area contributed by atoms with Crippen LogP contribution < -0.4 is 5.32 Å². The fraction of sp³-hybridized carbons (Fsp3) is 0.333. The Hall–Kier alpha value is -2.48. The van der Waals surface area contributed by atoms with Gasteiger partial charge in [0, 0.05) is 17.8 Å². The van der Waals surface area contributed by atoms with E-state index in [0.717, 1.165) is 0 Å². The Morgan fingerprint density at radius 3 is 2.55 bits per heavy atom. The van der Waals surface area contributed by atoms with E-state index in [4.69, 9.17) is 9.47 Å². The number of carbonyl (C=O) groups is 2. The number of anilines is 1. The van der Waals surface area contributed by atoms with E-state index >= 15 is 0 Å². The molecule has 1 aromatic carbocycles. The van der Waals surface area contributed by atoms with Gasteiger partial charge >= 0.3 is 5.97 Å². The first-order valence-electron chi connectivity index (χ1n) is 5.90. The molecule has 0 aliphatic carbocycles. The second-order valence-electron chi connectivity index (χ2n) is 4.02. The largest absolute Gasteiger partial charge is 0.464 e. The van der Waals surface area contributed by atoms with Gasteiger partial charge in [0.25, 0.3) is 11.6 Å². The van der Waals surface area contributed by atoms with Crippen LogP contribution in [0.4, 0.5) is 11.4 Å². The predicted molar refractivity (Wildman–Crippen MR) is 67.0 cm³/mol. The molecule has 2 atom stereocenters. The van der Waals surface area contributed by atoms with Crippen molar-refractivity contribution in [3.8, 4) is 0 Å². The number of nitrogens with one attached hydrogen (secondary N) is 1. The zero-order valence-electron chi connectivity index (χ0n) is 10.6. The monoisotopic (exact) mass is 280 g/mol. The molecule has 1 amide bonds. The minimum Gasteiger partial charge on any atom is -0.464 e. The standard InChI is InChI=1S/C12H12N2O6/c1-2-19-12(16)10-9(20-10)11(15)13-7-3-5-8(6-4-7)14(17)18/h3-6,9-10H,2H2,1H3,(H,13,15). The van der Waals surface area contributed by atoms with Crippen LogP contribution in [-0.4, -0.2) is 35.6 Å². The molecular formula is C12H12N2O6. The third kappa shape index (κ3) is 3.09. The number of rotatable bonds is 5. The van der Waals surface area contributed by atoms with Crippen LogP contribution in [0, 0.1) is 10.1 Å². The lowest BCUT2D eigenvalue weighted by Gasteiger charge is -2.02. The second-order valence-corrected chi connectivity index (χ2v) is 4.02. The Kier molecular flexibility index (Phi) is 3.94. The van der Waals surface area contributed by atoms with Crippen molar-refractivity contribution in [2.24, 2.45) is 0 Å². The van der Waals surface area contributed by atoms with Crippen molar-refractivity contribution in [1.29, 1.82) is 0 Å². The molecule has 1 aliphatic heterocycles. The van der Waals surface area contributed by atoms with Gasteiger partial charge in [-0.25, -0.2) is 4.79 Å². The summed E-state index contributed by atoms with van der Waals surface area (Å²) < 4.78 is 9.65. The summed E-state index contributed by atoms with van der Waals surface area (Å²) in [5.74, 6) is -1.06. The topological polar surface area (TPSA) is 111 Å². The molecule has 1 N–H and O–H groups in total. The molecule has 1 saturated heterocycles. The fourth-order valence-electron chi connectivity index (χ4n) is 1.60. The van der Waals surface area contributed by atoms with Crippen LogP contribution in [0.3, 0.4) is 0 Å². The lowest BCUT2D eigenvalue weighted by molar-refractivity contribution is -0.384. The first-order valence-corrected chi connectivity index (χ1v) is 5.90. The number of benzene rings is 1. The molecule has 20 heavy (non-hydrogen) atoms. The highest BCUT2D eigenvalue weighted by Gasteiger charge is 2.51. The van der Waals surface area contributed by atoms with E-state index in [-0.39, 0.29) is 12.3 Å². The van der Waals surface area contributed by atoms with Crippen LogP contribution >= 0.6 is 0 Å². The molecule has 8 nitrogen and oxygen atoms in total. The lowest BCUT2D eigenvalue weighted by atomic mass is 10.2. The third-order valence-corrected chi connectivity index (χ3v) is 2.61. The van der Waals surface area contributed by atoms with E-state index in [1.165, 1.54) is 24.3 Å². The van der Waals surface area contributed by atoms with Crippen LogP contribution in [0.5, 0.6) is 0 Å². The first kappa shape index (κ1) is 13.9. The van der Waals surface area contributed by atoms with Crippen molar-refractivity contribution in [3.05, 3.63) is 34.4 Å². The second kappa shape index (κ2) is 5.66. The summed E-state index contributed by atoms with van der Waals surface area (Å²) in [5.41, 5.74) is 0.314. The molecular weight excluding hydrogens is 268 g/mol. The molecule has 1 aromatic rings. The summed E-state index contributed by atoms with van der Waals surface area (Å²) in [6.45, 7) is 1.88. The predicted octanol–water partition coefficient (Wildman–Crippen LogP) is 0.864. The van der Waals surface area contributed by atoms with E-state index in [9.17, 15) is 19.7 Å². The average molecular weight is 280 g/mol. The van der Waals surface area contributed by atoms with Gasteiger partial charge in [-0.15, -0.1) is 0 Å². The van der Waals surface area contributed by atoms with Gasteiger partial charge in [0.1, 0.15) is 0 Å². The highest BCUT2D eigenvalue weighted by Crippen LogP contribution is 2.25. The zero-order chi connectivity index (χ0) is 14.7. The van der Waals surface area contributed by atoms with Gasteiger partial charge in [-0.3, -0.25) is 14.9 Å². The fourth-order valence-corrected chi connectivity index (χ4v) is 1.60. The number of nitrogens with zero attached hydrogens (tertiary/aromatic N) is 1. The number of carbonyl (C=O) groups excluding carboxylic acids is 2. The molecule has 106 valence electrons. The molecule has 0 aromatic heterocycles. The molecule has 0 radical (unpaired) electrons. The van der Waals surface area contributed by atoms with Gasteiger partial charge < -0.3 is 14.8 Å². The van der Waals surface area contributed by atoms with Gasteiger partial charge in [-0.05, 0) is 19.1 Å². The maximum absolute atomic E-state index is 11.7. The minimum absolute atomic E-state index is 0.0740. The summed E-state index contributed by atoms with van der Waals surface area (Å²) in [5, 5.41) is 13.0. The molecule has 0 bridgehead atoms. The van der Waals surface area contributed by atoms with Gasteiger partial charge in [-0.1, -0.05) is 0 Å². The van der Waals surface area contributed by atoms with Crippen LogP contribution in [-0.2, 0) is 19.1 Å². The summed E-state index contributed by atoms with van der Waals surface area (Å²) in [4.78, 5) is 33.0. The number of esters is 1. The molecule has 8 heteroatoms. The Balaban J connectivity index is 1.90. The Labute approximate surface area is 113 Å². The number of epoxide rings is 1. The smallest absolute Gasteiger partial charge is 0.338 e. The van der Waals surface area contributed by atoms with Gasteiger partial charge in [-0.2, -0.15) is 0 Å². The van der Waals surface area contributed by atoms with Crippen molar-refractivity contribution in [2.75, 3.05) is 11.9 Å². The maximum Gasteiger partial charge on any atom is 0.338 e. The molecule has 1 aliphatic rings. The highest BCUT2D eigenvalue weighted by atomic mass is 16.6. The highest BCUT2D eigenvalue weighted by molar-refractivity contribution is 6.00. The van der Waals surface area contributed by atoms with Crippen LogP contribution in [0.15, 0.2) is 24.3 Å². The van der Waals surface area contributed by atoms with Crippen molar-refractivity contribution >= 4 is 23.3 Å². The van der Waals surface area contributed by atoms with E-state index in [1.54, 1.807) is 6.92 Å². The van der Waals surface area contributed by atoms with Crippen molar-refractivity contribution in [1.82, 2.24) is 0 Å². The molecule has 0 saturated carbocycles. The average Bonchev–Trinajstić information content (AvgIpc) is 3.20. The van der Waals surface area contributed by atoms with Crippen LogP contribution in [0.1, 0.15) is 6.92 Å². The van der Waals surface area contributed by atoms with Gasteiger partial charge in [0.15, 0.2) is 12.2 Å². The SMILES string of the molecule is CCOC(=O)C1OC1C(=O)Nc1ccc([N+](=O)[O-])cc1. The van der Waals surface area contributed by atoms with Crippen molar-refractivity contribution < 1.29 is 24.0 Å². The van der Waals surface area contributed by atoms with E-state index < -0.39 is 29.0 Å². The normalized spacial score (nSPS) is 20.1. The molecule has 1 fully saturated rings. The number of hydrogen-bond donors (Lipinski definition) is 1. The zero-order valence-corrected chi connectivity index (χ0v) is 10.6. The quantitative estimate of drug-likeness (QED) is 0.370. The van der Waals surface area contributed by atoms with E-state index in [0.29, 0.717) is 5.69 Å². The number of ether oxygens (including phenoxy) is 2. The number of non-ortho nitro benzene ring substituents is 1. The Bertz CT molecular complexity index is 541. The minimum atomic E-state index is -0.871. The van der Waals surface area contributed by atoms with Gasteiger partial charge in [0.2, 0.25) is 0 Å². The summed E-state index contributed by atoms with van der Waals surface area (Å²) in [6, 6.07) is 5.34. The van der Waals surface area contributed by atoms with E-state index in [2.05, 4.69) is 5.32 Å². The van der Waals surface area contributed by atoms with E-state index in [1.807, 2.05) is 0 Å². The molecule has 0 spiro atoms. The first-order chi connectivity index (χ1) is 9.52. The molecule has 2 rings (SSSR count). The Morgan fingerprint density at radius 1 is 1.35 bits per heavy atom. The van der Waals surface area contributed by atoms with Crippen molar-refractivity contribution in [3.63, 3.8) is 0 Å². The molecule has 1 heterocycles. The van der Waals surface area contributed by atoms with Crippen LogP contribution in [0.2, 0.25) is 0 Å². The van der Waals surface area contributed by atoms with Crippen LogP contribution in [0.25, 0.3) is 0 Å². The molecule has 2 unspecified atom stereocenters. The third-order valence-electron chi connectivity index (χ3n) is 2.61. The number of nitro groups is 1. The summed E-state index contributed by atoms with van der Waals surface area (Å²) >= 11 is 0. The van der Waals surface area contributed by atoms with Gasteiger partial charge in [0.05, 0.1) is 11.5 Å². The number of nitro benzene ring substituents is 1. The Morgan fingerprint density at radius 2 is 2.00 bits per heavy atom.